The van der Waals surface area contributed by atoms with Crippen LogP contribution >= 0.6 is 0 Å². The SMILES string of the molecule is N#[N+]c1ccc(Nc2ccc(NC(=O)c3ccccc3)cc2)cc1.[Cl-]. The fourth-order valence-corrected chi connectivity index (χ4v) is 2.21. The summed E-state index contributed by atoms with van der Waals surface area (Å²) in [6.45, 7) is 0. The molecule has 0 spiro atoms. The number of halogens is 1. The molecule has 5 nitrogen and oxygen atoms in total. The second-order valence-corrected chi connectivity index (χ2v) is 5.17. The predicted octanol–water partition coefficient (Wildman–Crippen LogP) is 2.17. The molecule has 0 radical (unpaired) electrons. The number of carbonyl (C=O) groups is 1. The monoisotopic (exact) mass is 350 g/mol. The van der Waals surface area contributed by atoms with Crippen molar-refractivity contribution in [1.82, 2.24) is 0 Å². The molecule has 2 N–H and O–H groups in total. The van der Waals surface area contributed by atoms with Gasteiger partial charge in [0.05, 0.1) is 0 Å². The largest absolute Gasteiger partial charge is 1.00 e. The predicted molar refractivity (Wildman–Crippen MR) is 95.3 cm³/mol. The zero-order valence-electron chi connectivity index (χ0n) is 13.2. The molecule has 0 saturated carbocycles. The molecule has 0 unspecified atom stereocenters. The fourth-order valence-electron chi connectivity index (χ4n) is 2.21. The molecule has 0 heterocycles. The van der Waals surface area contributed by atoms with Crippen LogP contribution in [-0.4, -0.2) is 5.91 Å². The maximum atomic E-state index is 12.1. The van der Waals surface area contributed by atoms with Gasteiger partial charge in [-0.2, -0.15) is 0 Å². The average molecular weight is 351 g/mol. The van der Waals surface area contributed by atoms with Gasteiger partial charge in [-0.25, -0.2) is 0 Å². The Balaban J connectivity index is 0.00000225. The first-order valence-electron chi connectivity index (χ1n) is 7.43. The van der Waals surface area contributed by atoms with Gasteiger partial charge in [-0.1, -0.05) is 18.2 Å². The maximum absolute atomic E-state index is 12.1. The smallest absolute Gasteiger partial charge is 0.385 e. The van der Waals surface area contributed by atoms with Crippen LogP contribution in [0.25, 0.3) is 4.98 Å². The topological polar surface area (TPSA) is 69.3 Å². The minimum absolute atomic E-state index is 0. The molecule has 3 aromatic rings. The van der Waals surface area contributed by atoms with Crippen LogP contribution in [0.4, 0.5) is 22.7 Å². The fraction of sp³-hybridized carbons (Fsp3) is 0. The van der Waals surface area contributed by atoms with Crippen molar-refractivity contribution in [2.75, 3.05) is 10.6 Å². The van der Waals surface area contributed by atoms with E-state index in [1.165, 1.54) is 0 Å². The highest BCUT2D eigenvalue weighted by molar-refractivity contribution is 6.04. The highest BCUT2D eigenvalue weighted by Gasteiger charge is 2.05. The van der Waals surface area contributed by atoms with Gasteiger partial charge in [0, 0.05) is 34.8 Å². The van der Waals surface area contributed by atoms with E-state index in [0.29, 0.717) is 11.3 Å². The van der Waals surface area contributed by atoms with E-state index >= 15 is 0 Å². The maximum Gasteiger partial charge on any atom is 0.385 e. The molecular formula is C19H15ClN4O. The molecule has 0 aromatic heterocycles. The van der Waals surface area contributed by atoms with Crippen LogP contribution in [0.2, 0.25) is 0 Å². The highest BCUT2D eigenvalue weighted by atomic mass is 35.5. The summed E-state index contributed by atoms with van der Waals surface area (Å²) in [6.07, 6.45) is 0. The minimum Gasteiger partial charge on any atom is -1.00 e. The number of amides is 1. The van der Waals surface area contributed by atoms with Gasteiger partial charge in [-0.15, -0.1) is 0 Å². The molecule has 0 fully saturated rings. The van der Waals surface area contributed by atoms with E-state index in [1.54, 1.807) is 24.3 Å². The van der Waals surface area contributed by atoms with Crippen molar-refractivity contribution in [3.8, 4) is 0 Å². The van der Waals surface area contributed by atoms with E-state index in [1.807, 2.05) is 54.6 Å². The van der Waals surface area contributed by atoms with E-state index in [0.717, 1.165) is 17.1 Å². The van der Waals surface area contributed by atoms with Gasteiger partial charge in [0.15, 0.2) is 4.98 Å². The van der Waals surface area contributed by atoms with Crippen molar-refractivity contribution in [2.24, 2.45) is 0 Å². The van der Waals surface area contributed by atoms with Crippen LogP contribution in [0.3, 0.4) is 0 Å². The summed E-state index contributed by atoms with van der Waals surface area (Å²) in [5.41, 5.74) is 3.61. The third-order valence-electron chi connectivity index (χ3n) is 3.45. The molecule has 0 saturated heterocycles. The van der Waals surface area contributed by atoms with Gasteiger partial charge in [-0.05, 0) is 48.5 Å². The lowest BCUT2D eigenvalue weighted by molar-refractivity contribution is -0.0000125. The summed E-state index contributed by atoms with van der Waals surface area (Å²) >= 11 is 0. The molecule has 3 rings (SSSR count). The Morgan fingerprint density at radius 1 is 0.760 bits per heavy atom. The number of hydrogen-bond donors (Lipinski definition) is 2. The van der Waals surface area contributed by atoms with Crippen LogP contribution in [0.5, 0.6) is 0 Å². The molecule has 0 atom stereocenters. The Hall–Kier alpha value is -3.36. The Morgan fingerprint density at radius 2 is 1.28 bits per heavy atom. The number of benzene rings is 3. The van der Waals surface area contributed by atoms with Crippen molar-refractivity contribution in [1.29, 1.82) is 5.39 Å². The van der Waals surface area contributed by atoms with Crippen LogP contribution in [0.1, 0.15) is 10.4 Å². The summed E-state index contributed by atoms with van der Waals surface area (Å²) < 4.78 is 0. The Kier molecular flexibility index (Phi) is 6.10. The minimum atomic E-state index is -0.139. The Morgan fingerprint density at radius 3 is 1.84 bits per heavy atom. The van der Waals surface area contributed by atoms with Crippen LogP contribution < -0.4 is 23.0 Å². The van der Waals surface area contributed by atoms with Crippen molar-refractivity contribution < 1.29 is 17.2 Å². The van der Waals surface area contributed by atoms with Gasteiger partial charge >= 0.3 is 5.69 Å². The molecule has 0 aliphatic heterocycles. The quantitative estimate of drug-likeness (QED) is 0.708. The molecule has 0 aliphatic carbocycles. The molecule has 25 heavy (non-hydrogen) atoms. The molecular weight excluding hydrogens is 336 g/mol. The van der Waals surface area contributed by atoms with Crippen LogP contribution in [0.15, 0.2) is 78.9 Å². The number of anilines is 3. The number of rotatable bonds is 4. The molecule has 0 aliphatic rings. The third kappa shape index (κ3) is 4.80. The van der Waals surface area contributed by atoms with Crippen LogP contribution in [0, 0.1) is 5.39 Å². The molecule has 1 amide bonds. The van der Waals surface area contributed by atoms with Crippen molar-refractivity contribution in [2.45, 2.75) is 0 Å². The van der Waals surface area contributed by atoms with Gasteiger partial charge < -0.3 is 23.0 Å². The van der Waals surface area contributed by atoms with Crippen molar-refractivity contribution in [3.63, 3.8) is 0 Å². The van der Waals surface area contributed by atoms with E-state index < -0.39 is 0 Å². The lowest BCUT2D eigenvalue weighted by Crippen LogP contribution is -3.00. The van der Waals surface area contributed by atoms with E-state index in [4.69, 9.17) is 5.39 Å². The standard InChI is InChI=1S/C19H14N4O.ClH/c20-23-18-12-10-16(11-13-18)21-15-6-8-17(9-7-15)22-19(24)14-4-2-1-3-5-14;/h1-13,20H;1H. The molecule has 124 valence electrons. The van der Waals surface area contributed by atoms with Gasteiger partial charge in [-0.3, -0.25) is 4.79 Å². The first-order valence-corrected chi connectivity index (χ1v) is 7.43. The number of nitrogens with one attached hydrogen (secondary N) is 2. The third-order valence-corrected chi connectivity index (χ3v) is 3.45. The summed E-state index contributed by atoms with van der Waals surface area (Å²) in [7, 11) is 0. The summed E-state index contributed by atoms with van der Waals surface area (Å²) in [6, 6.07) is 23.6. The summed E-state index contributed by atoms with van der Waals surface area (Å²) in [5, 5.41) is 14.8. The molecule has 3 aromatic carbocycles. The normalized spacial score (nSPS) is 9.40. The Labute approximate surface area is 151 Å². The van der Waals surface area contributed by atoms with Crippen molar-refractivity contribution in [3.05, 3.63) is 89.4 Å². The average Bonchev–Trinajstić information content (AvgIpc) is 2.65. The first kappa shape index (κ1) is 18.0. The van der Waals surface area contributed by atoms with E-state index in [9.17, 15) is 4.79 Å². The summed E-state index contributed by atoms with van der Waals surface area (Å²) in [4.78, 5) is 15.2. The van der Waals surface area contributed by atoms with Gasteiger partial charge in [0.25, 0.3) is 5.91 Å². The lowest BCUT2D eigenvalue weighted by atomic mass is 10.2. The lowest BCUT2D eigenvalue weighted by Gasteiger charge is -2.08. The highest BCUT2D eigenvalue weighted by Crippen LogP contribution is 2.21. The number of nitrogens with zero attached hydrogens (tertiary/aromatic N) is 2. The number of carbonyl (C=O) groups excluding carboxylic acids is 1. The van der Waals surface area contributed by atoms with Crippen LogP contribution in [-0.2, 0) is 0 Å². The number of hydrogen-bond acceptors (Lipinski definition) is 3. The number of diazo groups is 1. The second kappa shape index (κ2) is 8.48. The molecule has 6 heteroatoms. The zero-order chi connectivity index (χ0) is 16.8. The van der Waals surface area contributed by atoms with Gasteiger partial charge in [0.2, 0.25) is 5.39 Å². The van der Waals surface area contributed by atoms with Gasteiger partial charge in [0.1, 0.15) is 0 Å². The molecule has 0 bridgehead atoms. The first-order chi connectivity index (χ1) is 11.7. The Bertz CT molecular complexity index is 872. The summed E-state index contributed by atoms with van der Waals surface area (Å²) in [5.74, 6) is -0.139. The van der Waals surface area contributed by atoms with E-state index in [2.05, 4.69) is 15.6 Å². The van der Waals surface area contributed by atoms with Crippen molar-refractivity contribution >= 4 is 28.7 Å². The zero-order valence-corrected chi connectivity index (χ0v) is 13.9. The second-order valence-electron chi connectivity index (χ2n) is 5.17. The van der Waals surface area contributed by atoms with E-state index in [-0.39, 0.29) is 18.3 Å².